The molecule has 9 heteroatoms. The molecular formula is C15H11N5O4. The van der Waals surface area contributed by atoms with Gasteiger partial charge >= 0.3 is 12.0 Å². The van der Waals surface area contributed by atoms with Gasteiger partial charge in [0, 0.05) is 11.6 Å². The summed E-state index contributed by atoms with van der Waals surface area (Å²) in [7, 11) is 0. The van der Waals surface area contributed by atoms with Crippen LogP contribution in [0.25, 0.3) is 11.5 Å². The third kappa shape index (κ3) is 3.35. The van der Waals surface area contributed by atoms with Crippen LogP contribution in [-0.2, 0) is 0 Å². The van der Waals surface area contributed by atoms with Crippen molar-refractivity contribution in [3.05, 3.63) is 64.7 Å². The maximum atomic E-state index is 11.9. The molecule has 2 aromatic carbocycles. The summed E-state index contributed by atoms with van der Waals surface area (Å²) in [4.78, 5) is 22.3. The van der Waals surface area contributed by atoms with Gasteiger partial charge in [0.1, 0.15) is 5.69 Å². The lowest BCUT2D eigenvalue weighted by atomic mass is 10.2. The smallest absolute Gasteiger partial charge is 0.327 e. The number of rotatable bonds is 4. The molecule has 120 valence electrons. The Labute approximate surface area is 135 Å². The van der Waals surface area contributed by atoms with E-state index in [0.717, 1.165) is 0 Å². The highest BCUT2D eigenvalue weighted by Crippen LogP contribution is 2.23. The van der Waals surface area contributed by atoms with Gasteiger partial charge in [-0.15, -0.1) is 5.10 Å². The second-order valence-electron chi connectivity index (χ2n) is 4.63. The molecular weight excluding hydrogens is 314 g/mol. The molecule has 2 N–H and O–H groups in total. The Morgan fingerprint density at radius 1 is 1.00 bits per heavy atom. The molecule has 9 nitrogen and oxygen atoms in total. The predicted molar refractivity (Wildman–Crippen MR) is 85.5 cm³/mol. The molecule has 0 bridgehead atoms. The highest BCUT2D eigenvalue weighted by molar-refractivity contribution is 5.99. The van der Waals surface area contributed by atoms with E-state index in [1.54, 1.807) is 18.2 Å². The van der Waals surface area contributed by atoms with Crippen LogP contribution in [0.2, 0.25) is 0 Å². The molecule has 0 atom stereocenters. The van der Waals surface area contributed by atoms with Gasteiger partial charge in [0.25, 0.3) is 5.69 Å². The summed E-state index contributed by atoms with van der Waals surface area (Å²) in [5.41, 5.74) is 0.545. The molecule has 1 aromatic heterocycles. The molecule has 0 saturated carbocycles. The summed E-state index contributed by atoms with van der Waals surface area (Å²) in [5.74, 6) is 0.247. The van der Waals surface area contributed by atoms with E-state index in [2.05, 4.69) is 20.8 Å². The fraction of sp³-hybridized carbons (Fsp3) is 0. The minimum absolute atomic E-state index is 0.0581. The van der Waals surface area contributed by atoms with E-state index in [4.69, 9.17) is 4.42 Å². The molecule has 0 spiro atoms. The van der Waals surface area contributed by atoms with Crippen LogP contribution < -0.4 is 10.6 Å². The second kappa shape index (κ2) is 6.57. The zero-order chi connectivity index (χ0) is 16.9. The van der Waals surface area contributed by atoms with Crippen molar-refractivity contribution in [2.24, 2.45) is 0 Å². The highest BCUT2D eigenvalue weighted by atomic mass is 16.6. The van der Waals surface area contributed by atoms with Gasteiger partial charge in [-0.3, -0.25) is 15.4 Å². The minimum atomic E-state index is -0.729. The van der Waals surface area contributed by atoms with Crippen LogP contribution in [0.1, 0.15) is 0 Å². The zero-order valence-corrected chi connectivity index (χ0v) is 12.2. The van der Waals surface area contributed by atoms with E-state index < -0.39 is 11.0 Å². The van der Waals surface area contributed by atoms with Crippen LogP contribution in [0.15, 0.2) is 59.0 Å². The summed E-state index contributed by atoms with van der Waals surface area (Å²) in [5, 5.41) is 23.2. The van der Waals surface area contributed by atoms with Crippen molar-refractivity contribution < 1.29 is 14.1 Å². The molecule has 2 amide bonds. The zero-order valence-electron chi connectivity index (χ0n) is 12.2. The number of urea groups is 1. The van der Waals surface area contributed by atoms with Gasteiger partial charge in [0.2, 0.25) is 5.89 Å². The van der Waals surface area contributed by atoms with Gasteiger partial charge in [0.05, 0.1) is 4.92 Å². The molecule has 24 heavy (non-hydrogen) atoms. The van der Waals surface area contributed by atoms with E-state index in [-0.39, 0.29) is 23.3 Å². The third-order valence-corrected chi connectivity index (χ3v) is 3.02. The standard InChI is InChI=1S/C15H11N5O4/c21-14(16-11-8-4-5-9-12(11)20(22)23)17-15-19-18-13(24-15)10-6-2-1-3-7-10/h1-9H,(H2,16,17,19,21). The van der Waals surface area contributed by atoms with Gasteiger partial charge in [0.15, 0.2) is 0 Å². The Bertz CT molecular complexity index is 878. The Kier molecular flexibility index (Phi) is 4.15. The van der Waals surface area contributed by atoms with Crippen LogP contribution >= 0.6 is 0 Å². The minimum Gasteiger partial charge on any atom is -0.403 e. The van der Waals surface area contributed by atoms with E-state index in [9.17, 15) is 14.9 Å². The second-order valence-corrected chi connectivity index (χ2v) is 4.63. The van der Waals surface area contributed by atoms with Crippen molar-refractivity contribution in [3.8, 4) is 11.5 Å². The molecule has 0 aliphatic heterocycles. The molecule has 3 rings (SSSR count). The normalized spacial score (nSPS) is 10.2. The predicted octanol–water partition coefficient (Wildman–Crippen LogP) is 3.29. The average molecular weight is 325 g/mol. The Balaban J connectivity index is 1.70. The summed E-state index contributed by atoms with van der Waals surface area (Å²) in [6, 6.07) is 14.0. The first-order valence-corrected chi connectivity index (χ1v) is 6.84. The highest BCUT2D eigenvalue weighted by Gasteiger charge is 2.16. The molecule has 0 aliphatic carbocycles. The third-order valence-electron chi connectivity index (χ3n) is 3.02. The van der Waals surface area contributed by atoms with E-state index in [1.807, 2.05) is 18.2 Å². The van der Waals surface area contributed by atoms with Crippen LogP contribution in [0.3, 0.4) is 0 Å². The van der Waals surface area contributed by atoms with Gasteiger partial charge in [-0.1, -0.05) is 35.4 Å². The molecule has 3 aromatic rings. The van der Waals surface area contributed by atoms with Crippen LogP contribution in [-0.4, -0.2) is 21.2 Å². The van der Waals surface area contributed by atoms with Crippen LogP contribution in [0.4, 0.5) is 22.2 Å². The topological polar surface area (TPSA) is 123 Å². The molecule has 0 saturated heterocycles. The molecule has 0 unspecified atom stereocenters. The number of amides is 2. The van der Waals surface area contributed by atoms with E-state index in [0.29, 0.717) is 5.56 Å². The monoisotopic (exact) mass is 325 g/mol. The molecule has 0 radical (unpaired) electrons. The average Bonchev–Trinajstić information content (AvgIpc) is 3.04. The van der Waals surface area contributed by atoms with Crippen molar-refractivity contribution in [2.45, 2.75) is 0 Å². The largest absolute Gasteiger partial charge is 0.403 e. The van der Waals surface area contributed by atoms with E-state index >= 15 is 0 Å². The first-order chi connectivity index (χ1) is 11.6. The number of aromatic nitrogens is 2. The lowest BCUT2D eigenvalue weighted by Crippen LogP contribution is -2.20. The number of carbonyl (C=O) groups is 1. The van der Waals surface area contributed by atoms with Gasteiger partial charge in [-0.2, -0.15) is 0 Å². The van der Waals surface area contributed by atoms with Gasteiger partial charge < -0.3 is 9.73 Å². The van der Waals surface area contributed by atoms with Crippen LogP contribution in [0, 0.1) is 10.1 Å². The SMILES string of the molecule is O=C(Nc1nnc(-c2ccccc2)o1)Nc1ccccc1[N+](=O)[O-]. The van der Waals surface area contributed by atoms with Gasteiger partial charge in [-0.25, -0.2) is 4.79 Å². The first-order valence-electron chi connectivity index (χ1n) is 6.84. The lowest BCUT2D eigenvalue weighted by molar-refractivity contribution is -0.383. The van der Waals surface area contributed by atoms with Gasteiger partial charge in [-0.05, 0) is 18.2 Å². The fourth-order valence-corrected chi connectivity index (χ4v) is 1.96. The number of hydrogen-bond donors (Lipinski definition) is 2. The Morgan fingerprint density at radius 3 is 2.46 bits per heavy atom. The van der Waals surface area contributed by atoms with Crippen molar-refractivity contribution in [1.82, 2.24) is 10.2 Å². The van der Waals surface area contributed by atoms with Crippen molar-refractivity contribution in [3.63, 3.8) is 0 Å². The number of nitro groups is 1. The number of anilines is 2. The Hall–Kier alpha value is -3.75. The summed E-state index contributed by atoms with van der Waals surface area (Å²) in [6.07, 6.45) is 0. The summed E-state index contributed by atoms with van der Waals surface area (Å²) < 4.78 is 5.33. The quantitative estimate of drug-likeness (QED) is 0.560. The maximum Gasteiger partial charge on any atom is 0.327 e. The lowest BCUT2D eigenvalue weighted by Gasteiger charge is -2.04. The number of carbonyl (C=O) groups excluding carboxylic acids is 1. The molecule has 1 heterocycles. The summed E-state index contributed by atoms with van der Waals surface area (Å²) >= 11 is 0. The van der Waals surface area contributed by atoms with Crippen molar-refractivity contribution >= 4 is 23.4 Å². The number of nitrogens with one attached hydrogen (secondary N) is 2. The van der Waals surface area contributed by atoms with Crippen LogP contribution in [0.5, 0.6) is 0 Å². The number of nitrogens with zero attached hydrogens (tertiary/aromatic N) is 3. The summed E-state index contributed by atoms with van der Waals surface area (Å²) in [6.45, 7) is 0. The van der Waals surface area contributed by atoms with Crippen molar-refractivity contribution in [2.75, 3.05) is 10.6 Å². The van der Waals surface area contributed by atoms with Crippen molar-refractivity contribution in [1.29, 1.82) is 0 Å². The molecule has 0 aliphatic rings. The van der Waals surface area contributed by atoms with E-state index in [1.165, 1.54) is 18.2 Å². The number of nitro benzene ring substituents is 1. The fourth-order valence-electron chi connectivity index (χ4n) is 1.96. The molecule has 0 fully saturated rings. The number of benzene rings is 2. The number of hydrogen-bond acceptors (Lipinski definition) is 6. The maximum absolute atomic E-state index is 11.9. The number of para-hydroxylation sites is 2. The first kappa shape index (κ1) is 15.2. The Morgan fingerprint density at radius 2 is 1.71 bits per heavy atom.